The second-order valence-corrected chi connectivity index (χ2v) is 7.52. The lowest BCUT2D eigenvalue weighted by Crippen LogP contribution is -2.49. The van der Waals surface area contributed by atoms with Gasteiger partial charge in [-0.3, -0.25) is 4.79 Å². The maximum absolute atomic E-state index is 12.7. The Kier molecular flexibility index (Phi) is 7.89. The highest BCUT2D eigenvalue weighted by molar-refractivity contribution is 5.85. The molecule has 2 atom stereocenters. The SMILES string of the molecule is Cc1noc(C)c1COc1ccc(CC(=O)N2CCC(C)CC2CN)cc1.Cl. The van der Waals surface area contributed by atoms with E-state index in [-0.39, 0.29) is 24.4 Å². The van der Waals surface area contributed by atoms with Crippen LogP contribution in [-0.4, -0.2) is 35.1 Å². The zero-order valence-corrected chi connectivity index (χ0v) is 17.6. The number of nitrogens with zero attached hydrogens (tertiary/aromatic N) is 2. The van der Waals surface area contributed by atoms with Gasteiger partial charge in [0.1, 0.15) is 18.1 Å². The molecule has 0 aliphatic carbocycles. The lowest BCUT2D eigenvalue weighted by molar-refractivity contribution is -0.134. The summed E-state index contributed by atoms with van der Waals surface area (Å²) < 4.78 is 11.0. The van der Waals surface area contributed by atoms with Crippen molar-refractivity contribution in [1.82, 2.24) is 10.1 Å². The Labute approximate surface area is 172 Å². The van der Waals surface area contributed by atoms with E-state index in [4.69, 9.17) is 15.0 Å². The highest BCUT2D eigenvalue weighted by Gasteiger charge is 2.28. The van der Waals surface area contributed by atoms with E-state index >= 15 is 0 Å². The third-order valence-corrected chi connectivity index (χ3v) is 5.41. The largest absolute Gasteiger partial charge is 0.489 e. The molecule has 1 aliphatic heterocycles. The summed E-state index contributed by atoms with van der Waals surface area (Å²) in [6.07, 6.45) is 2.45. The third-order valence-electron chi connectivity index (χ3n) is 5.41. The summed E-state index contributed by atoms with van der Waals surface area (Å²) in [6.45, 7) is 7.77. The summed E-state index contributed by atoms with van der Waals surface area (Å²) in [7, 11) is 0. The van der Waals surface area contributed by atoms with Crippen molar-refractivity contribution in [2.75, 3.05) is 13.1 Å². The molecule has 0 radical (unpaired) electrons. The van der Waals surface area contributed by atoms with Gasteiger partial charge in [-0.1, -0.05) is 24.2 Å². The average molecular weight is 408 g/mol. The number of likely N-dealkylation sites (tertiary alicyclic amines) is 1. The Bertz CT molecular complexity index is 756. The number of amides is 1. The molecule has 1 aromatic heterocycles. The third kappa shape index (κ3) is 5.26. The van der Waals surface area contributed by atoms with Gasteiger partial charge in [0.2, 0.25) is 5.91 Å². The first kappa shape index (κ1) is 22.2. The van der Waals surface area contributed by atoms with Crippen LogP contribution in [0, 0.1) is 19.8 Å². The molecule has 7 heteroatoms. The van der Waals surface area contributed by atoms with Gasteiger partial charge in [-0.05, 0) is 50.3 Å². The zero-order valence-electron chi connectivity index (χ0n) is 16.8. The van der Waals surface area contributed by atoms with Crippen LogP contribution in [0.5, 0.6) is 5.75 Å². The number of nitrogens with two attached hydrogens (primary N) is 1. The van der Waals surface area contributed by atoms with Crippen molar-refractivity contribution in [2.45, 2.75) is 52.7 Å². The molecule has 6 nitrogen and oxygen atoms in total. The topological polar surface area (TPSA) is 81.6 Å². The molecular formula is C21H30ClN3O3. The van der Waals surface area contributed by atoms with Crippen LogP contribution in [0.1, 0.15) is 42.3 Å². The van der Waals surface area contributed by atoms with Crippen molar-refractivity contribution >= 4 is 18.3 Å². The maximum Gasteiger partial charge on any atom is 0.227 e. The van der Waals surface area contributed by atoms with Crippen molar-refractivity contribution in [2.24, 2.45) is 11.7 Å². The van der Waals surface area contributed by atoms with E-state index in [0.29, 0.717) is 25.5 Å². The summed E-state index contributed by atoms with van der Waals surface area (Å²) in [5, 5.41) is 3.93. The van der Waals surface area contributed by atoms with E-state index < -0.39 is 0 Å². The molecule has 1 amide bonds. The molecule has 3 rings (SSSR count). The number of hydrogen-bond donors (Lipinski definition) is 1. The number of piperidine rings is 1. The minimum Gasteiger partial charge on any atom is -0.489 e. The highest BCUT2D eigenvalue weighted by Crippen LogP contribution is 2.23. The summed E-state index contributed by atoms with van der Waals surface area (Å²) in [4.78, 5) is 14.7. The van der Waals surface area contributed by atoms with Gasteiger partial charge in [-0.2, -0.15) is 0 Å². The van der Waals surface area contributed by atoms with Gasteiger partial charge in [0, 0.05) is 19.1 Å². The first-order valence-corrected chi connectivity index (χ1v) is 9.61. The molecule has 1 aliphatic rings. The van der Waals surface area contributed by atoms with Gasteiger partial charge in [-0.25, -0.2) is 0 Å². The van der Waals surface area contributed by atoms with E-state index in [1.165, 1.54) is 0 Å². The molecule has 28 heavy (non-hydrogen) atoms. The Morgan fingerprint density at radius 3 is 2.64 bits per heavy atom. The molecular weight excluding hydrogens is 378 g/mol. The van der Waals surface area contributed by atoms with Crippen LogP contribution in [0.25, 0.3) is 0 Å². The Balaban J connectivity index is 0.00000280. The molecule has 0 spiro atoms. The van der Waals surface area contributed by atoms with Crippen molar-refractivity contribution in [3.63, 3.8) is 0 Å². The van der Waals surface area contributed by atoms with E-state index in [1.54, 1.807) is 0 Å². The van der Waals surface area contributed by atoms with E-state index in [2.05, 4.69) is 12.1 Å². The molecule has 1 aromatic carbocycles. The van der Waals surface area contributed by atoms with Gasteiger partial charge in [0.25, 0.3) is 0 Å². The fourth-order valence-electron chi connectivity index (χ4n) is 3.65. The molecule has 2 heterocycles. The van der Waals surface area contributed by atoms with Crippen LogP contribution in [0.15, 0.2) is 28.8 Å². The molecule has 2 unspecified atom stereocenters. The Morgan fingerprint density at radius 1 is 1.32 bits per heavy atom. The lowest BCUT2D eigenvalue weighted by Gasteiger charge is -2.38. The van der Waals surface area contributed by atoms with Crippen molar-refractivity contribution < 1.29 is 14.1 Å². The summed E-state index contributed by atoms with van der Waals surface area (Å²) in [6, 6.07) is 7.87. The molecule has 2 aromatic rings. The zero-order chi connectivity index (χ0) is 19.4. The minimum absolute atomic E-state index is 0. The highest BCUT2D eigenvalue weighted by atomic mass is 35.5. The van der Waals surface area contributed by atoms with Gasteiger partial charge in [0.15, 0.2) is 0 Å². The normalized spacial score (nSPS) is 19.2. The van der Waals surface area contributed by atoms with Crippen molar-refractivity contribution in [3.05, 3.63) is 46.8 Å². The molecule has 0 saturated carbocycles. The first-order valence-electron chi connectivity index (χ1n) is 9.61. The van der Waals surface area contributed by atoms with Gasteiger partial charge < -0.3 is 19.9 Å². The number of carbonyl (C=O) groups is 1. The average Bonchev–Trinajstić information content (AvgIpc) is 2.98. The quantitative estimate of drug-likeness (QED) is 0.793. The monoisotopic (exact) mass is 407 g/mol. The molecule has 1 saturated heterocycles. The minimum atomic E-state index is 0. The van der Waals surface area contributed by atoms with Crippen molar-refractivity contribution in [3.8, 4) is 5.75 Å². The number of aryl methyl sites for hydroxylation is 2. The Hall–Kier alpha value is -2.05. The standard InChI is InChI=1S/C21H29N3O3.ClH/c1-14-8-9-24(18(10-14)12-22)21(25)11-17-4-6-19(7-5-17)26-13-20-15(2)23-27-16(20)3;/h4-7,14,18H,8-13,22H2,1-3H3;1H. The second kappa shape index (κ2) is 9.94. The smallest absolute Gasteiger partial charge is 0.227 e. The van der Waals surface area contributed by atoms with Gasteiger partial charge in [-0.15, -0.1) is 12.4 Å². The second-order valence-electron chi connectivity index (χ2n) is 7.52. The molecule has 2 N–H and O–H groups in total. The number of aromatic nitrogens is 1. The van der Waals surface area contributed by atoms with E-state index in [0.717, 1.165) is 47.7 Å². The van der Waals surface area contributed by atoms with Crippen LogP contribution in [0.4, 0.5) is 0 Å². The van der Waals surface area contributed by atoms with Crippen LogP contribution in [-0.2, 0) is 17.8 Å². The number of halogens is 1. The number of hydrogen-bond acceptors (Lipinski definition) is 5. The fourth-order valence-corrected chi connectivity index (χ4v) is 3.65. The van der Waals surface area contributed by atoms with Crippen molar-refractivity contribution in [1.29, 1.82) is 0 Å². The van der Waals surface area contributed by atoms with Crippen LogP contribution >= 0.6 is 12.4 Å². The molecule has 0 bridgehead atoms. The number of ether oxygens (including phenoxy) is 1. The Morgan fingerprint density at radius 2 is 2.04 bits per heavy atom. The number of carbonyl (C=O) groups excluding carboxylic acids is 1. The number of benzene rings is 1. The van der Waals surface area contributed by atoms with Crippen LogP contribution < -0.4 is 10.5 Å². The fraction of sp³-hybridized carbons (Fsp3) is 0.524. The van der Waals surface area contributed by atoms with E-state index in [1.807, 2.05) is 43.0 Å². The summed E-state index contributed by atoms with van der Waals surface area (Å²) in [5.41, 5.74) is 8.69. The van der Waals surface area contributed by atoms with E-state index in [9.17, 15) is 4.79 Å². The van der Waals surface area contributed by atoms with Crippen LogP contribution in [0.3, 0.4) is 0 Å². The predicted octanol–water partition coefficient (Wildman–Crippen LogP) is 3.42. The predicted molar refractivity (Wildman–Crippen MR) is 111 cm³/mol. The molecule has 1 fully saturated rings. The maximum atomic E-state index is 12.7. The van der Waals surface area contributed by atoms with Gasteiger partial charge >= 0.3 is 0 Å². The summed E-state index contributed by atoms with van der Waals surface area (Å²) >= 11 is 0. The first-order chi connectivity index (χ1) is 13.0. The van der Waals surface area contributed by atoms with Gasteiger partial charge in [0.05, 0.1) is 17.7 Å². The lowest BCUT2D eigenvalue weighted by atomic mass is 9.92. The summed E-state index contributed by atoms with van der Waals surface area (Å²) in [5.74, 6) is 2.33. The number of rotatable bonds is 6. The van der Waals surface area contributed by atoms with Crippen LogP contribution in [0.2, 0.25) is 0 Å². The molecule has 154 valence electrons.